The fourth-order valence-corrected chi connectivity index (χ4v) is 4.73. The summed E-state index contributed by atoms with van der Waals surface area (Å²) in [5.74, 6) is 0.0863. The average molecular weight is 464 g/mol. The van der Waals surface area contributed by atoms with E-state index in [9.17, 15) is 4.79 Å². The number of carbonyl (C=O) groups excluding carboxylic acids is 1. The number of nitrogens with one attached hydrogen (secondary N) is 1. The molecule has 4 heterocycles. The molecule has 32 heavy (non-hydrogen) atoms. The summed E-state index contributed by atoms with van der Waals surface area (Å²) in [6.07, 6.45) is 3.25. The van der Waals surface area contributed by atoms with Crippen LogP contribution >= 0.6 is 23.4 Å². The summed E-state index contributed by atoms with van der Waals surface area (Å²) in [7, 11) is 0. The van der Waals surface area contributed by atoms with Crippen LogP contribution in [0.4, 0.5) is 0 Å². The van der Waals surface area contributed by atoms with Crippen molar-refractivity contribution in [1.82, 2.24) is 9.58 Å². The number of benzene rings is 1. The molecule has 1 amide bonds. The van der Waals surface area contributed by atoms with Crippen LogP contribution in [0.3, 0.4) is 0 Å². The molecule has 0 aliphatic carbocycles. The summed E-state index contributed by atoms with van der Waals surface area (Å²) in [4.78, 5) is 16.9. The van der Waals surface area contributed by atoms with Gasteiger partial charge in [-0.25, -0.2) is 0 Å². The van der Waals surface area contributed by atoms with Crippen LogP contribution in [0.5, 0.6) is 0 Å². The first kappa shape index (κ1) is 20.5. The number of carbonyl (C=O) groups is 1. The van der Waals surface area contributed by atoms with Crippen molar-refractivity contribution in [2.75, 3.05) is 0 Å². The van der Waals surface area contributed by atoms with Crippen molar-refractivity contribution >= 4 is 51.4 Å². The topological polar surface area (TPSA) is 86.9 Å². The number of fused-ring (bicyclic) bond motifs is 1. The number of nitrogens with zero attached hydrogens (tertiary/aromatic N) is 4. The van der Waals surface area contributed by atoms with Crippen molar-refractivity contribution < 1.29 is 9.21 Å². The normalized spacial score (nSPS) is 17.1. The van der Waals surface area contributed by atoms with E-state index >= 15 is 0 Å². The van der Waals surface area contributed by atoms with E-state index in [0.29, 0.717) is 21.0 Å². The molecule has 9 heteroatoms. The lowest BCUT2D eigenvalue weighted by atomic mass is 10.1. The molecule has 2 aliphatic rings. The Morgan fingerprint density at radius 3 is 2.72 bits per heavy atom. The second-order valence-electron chi connectivity index (χ2n) is 7.50. The first-order valence-electron chi connectivity index (χ1n) is 9.83. The van der Waals surface area contributed by atoms with Gasteiger partial charge in [-0.05, 0) is 80.1 Å². The Morgan fingerprint density at radius 2 is 2.00 bits per heavy atom. The zero-order valence-corrected chi connectivity index (χ0v) is 19.1. The SMILES string of the molecule is Cc1ccc(-n2c(C)cc(C=C3C(=N)N4N=C(c5ccco5)SC4=NC3=O)c2C)cc1Cl. The third kappa shape index (κ3) is 3.32. The number of furan rings is 1. The van der Waals surface area contributed by atoms with Gasteiger partial charge in [0.1, 0.15) is 0 Å². The van der Waals surface area contributed by atoms with Gasteiger partial charge in [0.05, 0.1) is 11.8 Å². The minimum Gasteiger partial charge on any atom is -0.462 e. The smallest absolute Gasteiger partial charge is 0.283 e. The lowest BCUT2D eigenvalue weighted by Gasteiger charge is -2.20. The first-order valence-corrected chi connectivity index (χ1v) is 11.0. The van der Waals surface area contributed by atoms with Crippen LogP contribution in [0.1, 0.15) is 28.3 Å². The maximum absolute atomic E-state index is 12.8. The molecule has 0 saturated heterocycles. The quantitative estimate of drug-likeness (QED) is 0.533. The summed E-state index contributed by atoms with van der Waals surface area (Å²) >= 11 is 7.53. The Bertz CT molecular complexity index is 1380. The molecule has 0 bridgehead atoms. The summed E-state index contributed by atoms with van der Waals surface area (Å²) in [5, 5.41) is 16.0. The van der Waals surface area contributed by atoms with Gasteiger partial charge in [-0.15, -0.1) is 0 Å². The lowest BCUT2D eigenvalue weighted by Crippen LogP contribution is -2.35. The van der Waals surface area contributed by atoms with E-state index in [1.165, 1.54) is 16.8 Å². The predicted molar refractivity (Wildman–Crippen MR) is 128 cm³/mol. The number of thioether (sulfide) groups is 1. The number of rotatable bonds is 3. The fourth-order valence-electron chi connectivity index (χ4n) is 3.70. The molecule has 3 aromatic rings. The maximum Gasteiger partial charge on any atom is 0.283 e. The van der Waals surface area contributed by atoms with Crippen LogP contribution in [0, 0.1) is 26.2 Å². The van der Waals surface area contributed by atoms with Crippen molar-refractivity contribution in [1.29, 1.82) is 5.41 Å². The van der Waals surface area contributed by atoms with Gasteiger partial charge in [-0.2, -0.15) is 15.1 Å². The molecule has 5 rings (SSSR count). The number of amidine groups is 2. The number of amides is 1. The predicted octanol–water partition coefficient (Wildman–Crippen LogP) is 5.32. The second-order valence-corrected chi connectivity index (χ2v) is 8.86. The van der Waals surface area contributed by atoms with E-state index in [1.807, 2.05) is 45.0 Å². The maximum atomic E-state index is 12.8. The van der Waals surface area contributed by atoms with Gasteiger partial charge in [-0.3, -0.25) is 10.2 Å². The van der Waals surface area contributed by atoms with Crippen molar-refractivity contribution in [3.05, 3.63) is 81.5 Å². The summed E-state index contributed by atoms with van der Waals surface area (Å²) in [6, 6.07) is 11.4. The van der Waals surface area contributed by atoms with E-state index in [0.717, 1.165) is 28.2 Å². The molecule has 2 aromatic heterocycles. The number of hydrazone groups is 1. The fraction of sp³-hybridized carbons (Fsp3) is 0.130. The zero-order valence-electron chi connectivity index (χ0n) is 17.5. The van der Waals surface area contributed by atoms with Crippen molar-refractivity contribution in [3.8, 4) is 5.69 Å². The Kier molecular flexibility index (Phi) is 4.91. The molecule has 0 atom stereocenters. The molecule has 2 aliphatic heterocycles. The Labute approximate surface area is 193 Å². The van der Waals surface area contributed by atoms with Gasteiger partial charge in [0, 0.05) is 22.1 Å². The highest BCUT2D eigenvalue weighted by molar-refractivity contribution is 8.27. The van der Waals surface area contributed by atoms with Crippen LogP contribution in [0.2, 0.25) is 5.02 Å². The highest BCUT2D eigenvalue weighted by Gasteiger charge is 2.36. The molecular weight excluding hydrogens is 446 g/mol. The van der Waals surface area contributed by atoms with E-state index in [2.05, 4.69) is 14.7 Å². The minimum absolute atomic E-state index is 0.0164. The minimum atomic E-state index is -0.465. The molecule has 7 nitrogen and oxygen atoms in total. The van der Waals surface area contributed by atoms with Crippen molar-refractivity contribution in [3.63, 3.8) is 0 Å². The largest absolute Gasteiger partial charge is 0.462 e. The van der Waals surface area contributed by atoms with E-state index < -0.39 is 5.91 Å². The zero-order chi connectivity index (χ0) is 22.6. The molecule has 0 fully saturated rings. The van der Waals surface area contributed by atoms with Crippen molar-refractivity contribution in [2.24, 2.45) is 10.1 Å². The third-order valence-electron chi connectivity index (χ3n) is 5.37. The van der Waals surface area contributed by atoms with Gasteiger partial charge in [0.15, 0.2) is 16.6 Å². The van der Waals surface area contributed by atoms with Gasteiger partial charge in [0.2, 0.25) is 5.17 Å². The highest BCUT2D eigenvalue weighted by Crippen LogP contribution is 2.32. The summed E-state index contributed by atoms with van der Waals surface area (Å²) < 4.78 is 7.45. The first-order chi connectivity index (χ1) is 15.3. The van der Waals surface area contributed by atoms with Gasteiger partial charge >= 0.3 is 0 Å². The average Bonchev–Trinajstić information content (AvgIpc) is 3.47. The summed E-state index contributed by atoms with van der Waals surface area (Å²) in [5.41, 5.74) is 4.88. The van der Waals surface area contributed by atoms with Crippen LogP contribution in [0.15, 0.2) is 62.7 Å². The Morgan fingerprint density at radius 1 is 1.19 bits per heavy atom. The number of hydrogen-bond donors (Lipinski definition) is 1. The van der Waals surface area contributed by atoms with E-state index in [4.69, 9.17) is 21.4 Å². The van der Waals surface area contributed by atoms with Crippen LogP contribution in [-0.4, -0.2) is 31.5 Å². The highest BCUT2D eigenvalue weighted by atomic mass is 35.5. The molecule has 0 radical (unpaired) electrons. The molecular formula is C23H18ClN5O2S. The molecule has 0 spiro atoms. The monoisotopic (exact) mass is 463 g/mol. The number of aliphatic imine (C=N–C) groups is 1. The Hall–Kier alpha value is -3.36. The Balaban J connectivity index is 1.53. The summed E-state index contributed by atoms with van der Waals surface area (Å²) in [6.45, 7) is 5.92. The van der Waals surface area contributed by atoms with Crippen molar-refractivity contribution in [2.45, 2.75) is 20.8 Å². The van der Waals surface area contributed by atoms with Gasteiger partial charge in [0.25, 0.3) is 5.91 Å². The molecule has 1 N–H and O–H groups in total. The van der Waals surface area contributed by atoms with Crippen LogP contribution in [0.25, 0.3) is 11.8 Å². The number of aryl methyl sites for hydroxylation is 2. The lowest BCUT2D eigenvalue weighted by molar-refractivity contribution is -0.114. The number of halogens is 1. The van der Waals surface area contributed by atoms with Gasteiger partial charge in [-0.1, -0.05) is 17.7 Å². The van der Waals surface area contributed by atoms with Gasteiger partial charge < -0.3 is 8.98 Å². The third-order valence-corrected chi connectivity index (χ3v) is 6.70. The standard InChI is InChI=1S/C23H18ClN5O2S/c1-12-6-7-16(11-18(12)24)28-13(2)9-15(14(28)3)10-17-20(25)29-23(26-21(17)30)32-22(27-29)19-5-4-8-31-19/h4-11,25H,1-3H3. The molecule has 160 valence electrons. The number of hydrogen-bond acceptors (Lipinski definition) is 5. The van der Waals surface area contributed by atoms with E-state index in [-0.39, 0.29) is 11.4 Å². The number of aromatic nitrogens is 1. The molecule has 0 saturated carbocycles. The molecule has 0 unspecified atom stereocenters. The molecule has 1 aromatic carbocycles. The van der Waals surface area contributed by atoms with E-state index in [1.54, 1.807) is 24.5 Å². The second kappa shape index (κ2) is 7.65. The van der Waals surface area contributed by atoms with Crippen LogP contribution < -0.4 is 0 Å². The van der Waals surface area contributed by atoms with Crippen LogP contribution in [-0.2, 0) is 4.79 Å².